The molecule has 2 unspecified atom stereocenters. The average Bonchev–Trinajstić information content (AvgIpc) is 2.85. The standard InChI is InChI=1S/C17H25NOS/c1-6-18-14(16(19-5)17(2,3)4)13-9-7-8-12-10-11-20-15(12)13/h7-11,14,16,18H,6H2,1-5H3. The van der Waals surface area contributed by atoms with Crippen LogP contribution >= 0.6 is 11.3 Å². The highest BCUT2D eigenvalue weighted by Gasteiger charge is 2.33. The summed E-state index contributed by atoms with van der Waals surface area (Å²) in [5.74, 6) is 0. The van der Waals surface area contributed by atoms with Crippen LogP contribution in [0.5, 0.6) is 0 Å². The summed E-state index contributed by atoms with van der Waals surface area (Å²) >= 11 is 1.81. The molecule has 1 aromatic heterocycles. The van der Waals surface area contributed by atoms with Crippen LogP contribution in [0.1, 0.15) is 39.3 Å². The summed E-state index contributed by atoms with van der Waals surface area (Å²) in [5.41, 5.74) is 1.43. The molecule has 1 N–H and O–H groups in total. The first-order chi connectivity index (χ1) is 9.49. The smallest absolute Gasteiger partial charge is 0.0814 e. The SMILES string of the molecule is CCNC(c1cccc2ccsc12)C(OC)C(C)(C)C. The van der Waals surface area contributed by atoms with Gasteiger partial charge in [0.2, 0.25) is 0 Å². The molecular formula is C17H25NOS. The Kier molecular flexibility index (Phi) is 4.84. The lowest BCUT2D eigenvalue weighted by molar-refractivity contribution is -0.0112. The molecule has 2 atom stereocenters. The Hall–Kier alpha value is -0.900. The van der Waals surface area contributed by atoms with E-state index in [1.54, 1.807) is 0 Å². The van der Waals surface area contributed by atoms with E-state index in [9.17, 15) is 0 Å². The zero-order valence-electron chi connectivity index (χ0n) is 13.1. The summed E-state index contributed by atoms with van der Waals surface area (Å²) in [6, 6.07) is 8.95. The van der Waals surface area contributed by atoms with Gasteiger partial charge < -0.3 is 10.1 Å². The van der Waals surface area contributed by atoms with E-state index in [0.717, 1.165) is 6.54 Å². The summed E-state index contributed by atoms with van der Waals surface area (Å²) < 4.78 is 7.22. The Bertz CT molecular complexity index is 555. The van der Waals surface area contributed by atoms with Gasteiger partial charge in [0.1, 0.15) is 0 Å². The Morgan fingerprint density at radius 1 is 1.25 bits per heavy atom. The minimum atomic E-state index is 0.0843. The van der Waals surface area contributed by atoms with Gasteiger partial charge in [-0.3, -0.25) is 0 Å². The minimum Gasteiger partial charge on any atom is -0.379 e. The van der Waals surface area contributed by atoms with Gasteiger partial charge in [0.25, 0.3) is 0 Å². The van der Waals surface area contributed by atoms with Crippen molar-refractivity contribution < 1.29 is 4.74 Å². The summed E-state index contributed by atoms with van der Waals surface area (Å²) in [4.78, 5) is 0. The molecule has 2 rings (SSSR count). The second kappa shape index (κ2) is 6.25. The number of fused-ring (bicyclic) bond motifs is 1. The molecule has 0 aliphatic heterocycles. The monoisotopic (exact) mass is 291 g/mol. The van der Waals surface area contributed by atoms with Gasteiger partial charge >= 0.3 is 0 Å². The fraction of sp³-hybridized carbons (Fsp3) is 0.529. The van der Waals surface area contributed by atoms with Crippen LogP contribution in [0.4, 0.5) is 0 Å². The van der Waals surface area contributed by atoms with Gasteiger partial charge in [-0.1, -0.05) is 45.9 Å². The van der Waals surface area contributed by atoms with Crippen LogP contribution in [0.3, 0.4) is 0 Å². The Balaban J connectivity index is 2.49. The number of methoxy groups -OCH3 is 1. The van der Waals surface area contributed by atoms with E-state index in [2.05, 4.69) is 62.7 Å². The van der Waals surface area contributed by atoms with Gasteiger partial charge in [-0.05, 0) is 34.4 Å². The van der Waals surface area contributed by atoms with Gasteiger partial charge in [0, 0.05) is 11.8 Å². The van der Waals surface area contributed by atoms with Crippen molar-refractivity contribution in [3.8, 4) is 0 Å². The fourth-order valence-corrected chi connectivity index (χ4v) is 3.80. The lowest BCUT2D eigenvalue weighted by Crippen LogP contribution is -2.41. The topological polar surface area (TPSA) is 21.3 Å². The molecule has 110 valence electrons. The molecule has 0 saturated carbocycles. The predicted molar refractivity (Wildman–Crippen MR) is 88.5 cm³/mol. The number of hydrogen-bond acceptors (Lipinski definition) is 3. The van der Waals surface area contributed by atoms with E-state index in [1.165, 1.54) is 15.6 Å². The van der Waals surface area contributed by atoms with Crippen molar-refractivity contribution in [2.45, 2.75) is 39.8 Å². The normalized spacial score (nSPS) is 15.4. The van der Waals surface area contributed by atoms with Crippen LogP contribution in [0.15, 0.2) is 29.6 Å². The summed E-state index contributed by atoms with van der Waals surface area (Å²) in [6.07, 6.45) is 0.134. The van der Waals surface area contributed by atoms with E-state index >= 15 is 0 Å². The molecule has 20 heavy (non-hydrogen) atoms. The Labute approximate surface area is 126 Å². The predicted octanol–water partition coefficient (Wildman–Crippen LogP) is 4.61. The lowest BCUT2D eigenvalue weighted by Gasteiger charge is -2.37. The van der Waals surface area contributed by atoms with E-state index in [-0.39, 0.29) is 17.6 Å². The number of benzene rings is 1. The Morgan fingerprint density at radius 2 is 2.00 bits per heavy atom. The highest BCUT2D eigenvalue weighted by atomic mass is 32.1. The van der Waals surface area contributed by atoms with Crippen LogP contribution in [0.25, 0.3) is 10.1 Å². The van der Waals surface area contributed by atoms with Crippen LogP contribution < -0.4 is 5.32 Å². The van der Waals surface area contributed by atoms with Gasteiger partial charge in [0.15, 0.2) is 0 Å². The highest BCUT2D eigenvalue weighted by molar-refractivity contribution is 7.17. The number of thiophene rings is 1. The van der Waals surface area contributed by atoms with Crippen molar-refractivity contribution in [2.75, 3.05) is 13.7 Å². The Morgan fingerprint density at radius 3 is 2.60 bits per heavy atom. The highest BCUT2D eigenvalue weighted by Crippen LogP contribution is 2.37. The molecule has 1 aromatic carbocycles. The van der Waals surface area contributed by atoms with Crippen molar-refractivity contribution in [1.82, 2.24) is 5.32 Å². The summed E-state index contributed by atoms with van der Waals surface area (Å²) in [6.45, 7) is 9.79. The number of rotatable bonds is 5. The first-order valence-electron chi connectivity index (χ1n) is 7.21. The largest absolute Gasteiger partial charge is 0.379 e. The number of nitrogens with one attached hydrogen (secondary N) is 1. The minimum absolute atomic E-state index is 0.0843. The van der Waals surface area contributed by atoms with Crippen molar-refractivity contribution >= 4 is 21.4 Å². The molecule has 0 aliphatic rings. The lowest BCUT2D eigenvalue weighted by atomic mass is 9.81. The maximum absolute atomic E-state index is 5.85. The molecule has 2 nitrogen and oxygen atoms in total. The quantitative estimate of drug-likeness (QED) is 0.868. The third-order valence-electron chi connectivity index (χ3n) is 3.68. The molecule has 0 amide bonds. The molecule has 1 heterocycles. The van der Waals surface area contributed by atoms with Crippen LogP contribution in [0.2, 0.25) is 0 Å². The number of likely N-dealkylation sites (N-methyl/N-ethyl adjacent to an activating group) is 1. The van der Waals surface area contributed by atoms with Crippen LogP contribution in [-0.2, 0) is 4.74 Å². The molecule has 0 fully saturated rings. The molecule has 3 heteroatoms. The van der Waals surface area contributed by atoms with Gasteiger partial charge in [-0.25, -0.2) is 0 Å². The maximum Gasteiger partial charge on any atom is 0.0814 e. The van der Waals surface area contributed by atoms with Gasteiger partial charge in [-0.2, -0.15) is 0 Å². The maximum atomic E-state index is 5.85. The molecular weight excluding hydrogens is 266 g/mol. The van der Waals surface area contributed by atoms with Crippen molar-refractivity contribution in [3.05, 3.63) is 35.2 Å². The summed E-state index contributed by atoms with van der Waals surface area (Å²) in [7, 11) is 1.81. The van der Waals surface area contributed by atoms with Crippen molar-refractivity contribution in [1.29, 1.82) is 0 Å². The van der Waals surface area contributed by atoms with Crippen LogP contribution in [-0.4, -0.2) is 19.8 Å². The zero-order chi connectivity index (χ0) is 14.8. The van der Waals surface area contributed by atoms with Gasteiger partial charge in [0.05, 0.1) is 12.1 Å². The number of ether oxygens (including phenoxy) is 1. The van der Waals surface area contributed by atoms with E-state index in [0.29, 0.717) is 0 Å². The van der Waals surface area contributed by atoms with Crippen molar-refractivity contribution in [2.24, 2.45) is 5.41 Å². The first kappa shape index (κ1) is 15.5. The molecule has 0 aliphatic carbocycles. The first-order valence-corrected chi connectivity index (χ1v) is 8.09. The molecule has 0 spiro atoms. The molecule has 0 saturated heterocycles. The second-order valence-corrected chi connectivity index (χ2v) is 7.16. The fourth-order valence-electron chi connectivity index (χ4n) is 2.85. The number of hydrogen-bond donors (Lipinski definition) is 1. The van der Waals surface area contributed by atoms with E-state index in [4.69, 9.17) is 4.74 Å². The zero-order valence-corrected chi connectivity index (χ0v) is 13.9. The third-order valence-corrected chi connectivity index (χ3v) is 4.66. The van der Waals surface area contributed by atoms with Crippen molar-refractivity contribution in [3.63, 3.8) is 0 Å². The molecule has 2 aromatic rings. The van der Waals surface area contributed by atoms with E-state index < -0.39 is 0 Å². The van der Waals surface area contributed by atoms with Gasteiger partial charge in [-0.15, -0.1) is 11.3 Å². The average molecular weight is 291 g/mol. The third kappa shape index (κ3) is 3.05. The van der Waals surface area contributed by atoms with E-state index in [1.807, 2.05) is 18.4 Å². The molecule has 0 bridgehead atoms. The second-order valence-electron chi connectivity index (χ2n) is 6.24. The van der Waals surface area contributed by atoms with Crippen LogP contribution in [0, 0.1) is 5.41 Å². The molecule has 0 radical (unpaired) electrons. The summed E-state index contributed by atoms with van der Waals surface area (Å²) in [5, 5.41) is 7.10.